The summed E-state index contributed by atoms with van der Waals surface area (Å²) in [6.07, 6.45) is 0. The first-order valence-electron chi connectivity index (χ1n) is 7.13. The van der Waals surface area contributed by atoms with Crippen molar-refractivity contribution in [2.24, 2.45) is 5.73 Å². The lowest BCUT2D eigenvalue weighted by molar-refractivity contribution is 0.357. The molecule has 0 aliphatic rings. The first kappa shape index (κ1) is 15.7. The van der Waals surface area contributed by atoms with Crippen LogP contribution in [0.4, 0.5) is 0 Å². The van der Waals surface area contributed by atoms with E-state index in [1.165, 1.54) is 5.56 Å². The van der Waals surface area contributed by atoms with Gasteiger partial charge in [-0.3, -0.25) is 0 Å². The van der Waals surface area contributed by atoms with Crippen molar-refractivity contribution in [2.45, 2.75) is 32.2 Å². The van der Waals surface area contributed by atoms with Gasteiger partial charge in [0.1, 0.15) is 0 Å². The lowest BCUT2D eigenvalue weighted by Gasteiger charge is -2.21. The quantitative estimate of drug-likeness (QED) is 0.936. The molecule has 0 amide bonds. The number of hydrogen-bond donors (Lipinski definition) is 1. The van der Waals surface area contributed by atoms with Crippen molar-refractivity contribution in [1.29, 1.82) is 0 Å². The molecule has 0 aliphatic heterocycles. The lowest BCUT2D eigenvalue weighted by Crippen LogP contribution is -2.26. The highest BCUT2D eigenvalue weighted by Crippen LogP contribution is 2.32. The summed E-state index contributed by atoms with van der Waals surface area (Å²) in [5, 5.41) is 4.03. The van der Waals surface area contributed by atoms with Crippen LogP contribution in [0.5, 0.6) is 0 Å². The van der Waals surface area contributed by atoms with E-state index in [1.807, 2.05) is 37.2 Å². The molecule has 114 valence electrons. The van der Waals surface area contributed by atoms with E-state index in [2.05, 4.69) is 37.0 Å². The van der Waals surface area contributed by atoms with Gasteiger partial charge in [-0.1, -0.05) is 44.1 Å². The van der Waals surface area contributed by atoms with Crippen LogP contribution in [0.2, 0.25) is 0 Å². The number of nitrogens with two attached hydrogens (primary N) is 1. The van der Waals surface area contributed by atoms with Crippen molar-refractivity contribution in [3.63, 3.8) is 0 Å². The summed E-state index contributed by atoms with van der Waals surface area (Å²) in [4.78, 5) is 6.48. The predicted octanol–water partition coefficient (Wildman–Crippen LogP) is 2.60. The second-order valence-electron chi connectivity index (χ2n) is 6.62. The summed E-state index contributed by atoms with van der Waals surface area (Å²) in [6.45, 7) is 7.18. The molecule has 21 heavy (non-hydrogen) atoms. The van der Waals surface area contributed by atoms with Gasteiger partial charge in [-0.2, -0.15) is 4.98 Å². The highest BCUT2D eigenvalue weighted by atomic mass is 16.5. The smallest absolute Gasteiger partial charge is 0.258 e. The first-order chi connectivity index (χ1) is 9.79. The molecule has 0 fully saturated rings. The van der Waals surface area contributed by atoms with E-state index in [9.17, 15) is 0 Å². The average Bonchev–Trinajstić information content (AvgIpc) is 2.86. The molecule has 0 radical (unpaired) electrons. The summed E-state index contributed by atoms with van der Waals surface area (Å²) in [6, 6.07) is 7.86. The van der Waals surface area contributed by atoms with Gasteiger partial charge in [0.2, 0.25) is 0 Å². The summed E-state index contributed by atoms with van der Waals surface area (Å²) in [7, 11) is 3.94. The van der Waals surface area contributed by atoms with E-state index in [4.69, 9.17) is 10.3 Å². The zero-order valence-electron chi connectivity index (χ0n) is 13.4. The standard InChI is InChI=1S/C16H24N4O/c1-16(2,3)12-9-7-6-8-11(12)15-18-14(19-21-15)13(17)10-20(4)5/h6-9,13H,10,17H2,1-5H3. The maximum atomic E-state index is 6.08. The Morgan fingerprint density at radius 3 is 2.52 bits per heavy atom. The molecular weight excluding hydrogens is 264 g/mol. The molecular formula is C16H24N4O. The van der Waals surface area contributed by atoms with Gasteiger partial charge in [0, 0.05) is 12.1 Å². The third-order valence-electron chi connectivity index (χ3n) is 3.30. The molecule has 0 saturated carbocycles. The number of hydrogen-bond acceptors (Lipinski definition) is 5. The van der Waals surface area contributed by atoms with E-state index < -0.39 is 0 Å². The largest absolute Gasteiger partial charge is 0.334 e. The summed E-state index contributed by atoms with van der Waals surface area (Å²) < 4.78 is 5.43. The third-order valence-corrected chi connectivity index (χ3v) is 3.30. The maximum Gasteiger partial charge on any atom is 0.258 e. The molecule has 5 heteroatoms. The molecule has 2 rings (SSSR count). The van der Waals surface area contributed by atoms with Crippen LogP contribution in [0.25, 0.3) is 11.5 Å². The Kier molecular flexibility index (Phi) is 4.44. The van der Waals surface area contributed by atoms with Crippen LogP contribution in [0.15, 0.2) is 28.8 Å². The van der Waals surface area contributed by atoms with Gasteiger partial charge in [-0.25, -0.2) is 0 Å². The Morgan fingerprint density at radius 2 is 1.90 bits per heavy atom. The molecule has 1 aromatic carbocycles. The molecule has 0 spiro atoms. The second-order valence-corrected chi connectivity index (χ2v) is 6.62. The minimum atomic E-state index is -0.251. The number of aromatic nitrogens is 2. The summed E-state index contributed by atoms with van der Waals surface area (Å²) >= 11 is 0. The number of likely N-dealkylation sites (N-methyl/N-ethyl adjacent to an activating group) is 1. The van der Waals surface area contributed by atoms with E-state index in [1.54, 1.807) is 0 Å². The minimum absolute atomic E-state index is 0.0109. The van der Waals surface area contributed by atoms with Crippen LogP contribution < -0.4 is 5.73 Å². The maximum absolute atomic E-state index is 6.08. The Morgan fingerprint density at radius 1 is 1.24 bits per heavy atom. The minimum Gasteiger partial charge on any atom is -0.334 e. The van der Waals surface area contributed by atoms with Crippen molar-refractivity contribution in [3.05, 3.63) is 35.7 Å². The molecule has 0 aliphatic carbocycles. The Bertz CT molecular complexity index is 598. The molecule has 1 aromatic heterocycles. The fourth-order valence-electron chi connectivity index (χ4n) is 2.29. The number of rotatable bonds is 4. The Labute approximate surface area is 126 Å². The zero-order valence-corrected chi connectivity index (χ0v) is 13.4. The van der Waals surface area contributed by atoms with Gasteiger partial charge < -0.3 is 15.2 Å². The highest BCUT2D eigenvalue weighted by Gasteiger charge is 2.22. The van der Waals surface area contributed by atoms with Crippen molar-refractivity contribution in [1.82, 2.24) is 15.0 Å². The van der Waals surface area contributed by atoms with Crippen molar-refractivity contribution < 1.29 is 4.52 Å². The molecule has 1 unspecified atom stereocenters. The molecule has 0 bridgehead atoms. The molecule has 2 N–H and O–H groups in total. The predicted molar refractivity (Wildman–Crippen MR) is 83.9 cm³/mol. The topological polar surface area (TPSA) is 68.2 Å². The van der Waals surface area contributed by atoms with Crippen LogP contribution in [0.3, 0.4) is 0 Å². The van der Waals surface area contributed by atoms with E-state index in [0.29, 0.717) is 18.3 Å². The van der Waals surface area contributed by atoms with Gasteiger partial charge >= 0.3 is 0 Å². The van der Waals surface area contributed by atoms with Crippen LogP contribution in [-0.4, -0.2) is 35.7 Å². The number of benzene rings is 1. The number of nitrogens with zero attached hydrogens (tertiary/aromatic N) is 3. The summed E-state index contributed by atoms with van der Waals surface area (Å²) in [5.41, 5.74) is 8.25. The molecule has 1 atom stereocenters. The average molecular weight is 288 g/mol. The zero-order chi connectivity index (χ0) is 15.6. The SMILES string of the molecule is CN(C)CC(N)c1noc(-c2ccccc2C(C)(C)C)n1. The highest BCUT2D eigenvalue weighted by molar-refractivity contribution is 5.60. The molecule has 5 nitrogen and oxygen atoms in total. The third kappa shape index (κ3) is 3.68. The van der Waals surface area contributed by atoms with Crippen LogP contribution in [0.1, 0.15) is 38.2 Å². The van der Waals surface area contributed by atoms with Gasteiger partial charge in [-0.15, -0.1) is 0 Å². The normalized spacial score (nSPS) is 13.7. The second kappa shape index (κ2) is 5.95. The fourth-order valence-corrected chi connectivity index (χ4v) is 2.29. The van der Waals surface area contributed by atoms with E-state index >= 15 is 0 Å². The summed E-state index contributed by atoms with van der Waals surface area (Å²) in [5.74, 6) is 1.08. The van der Waals surface area contributed by atoms with Gasteiger partial charge in [0.15, 0.2) is 5.82 Å². The van der Waals surface area contributed by atoms with Crippen LogP contribution >= 0.6 is 0 Å². The van der Waals surface area contributed by atoms with Crippen molar-refractivity contribution >= 4 is 0 Å². The van der Waals surface area contributed by atoms with E-state index in [0.717, 1.165) is 5.56 Å². The molecule has 2 aromatic rings. The van der Waals surface area contributed by atoms with Crippen LogP contribution in [0, 0.1) is 0 Å². The monoisotopic (exact) mass is 288 g/mol. The molecule has 0 saturated heterocycles. The fraction of sp³-hybridized carbons (Fsp3) is 0.500. The van der Waals surface area contributed by atoms with Gasteiger partial charge in [-0.05, 0) is 31.1 Å². The Balaban J connectivity index is 2.35. The Hall–Kier alpha value is -1.72. The lowest BCUT2D eigenvalue weighted by atomic mass is 9.84. The van der Waals surface area contributed by atoms with Crippen molar-refractivity contribution in [3.8, 4) is 11.5 Å². The van der Waals surface area contributed by atoms with Crippen LogP contribution in [-0.2, 0) is 5.41 Å². The first-order valence-corrected chi connectivity index (χ1v) is 7.13. The van der Waals surface area contributed by atoms with E-state index in [-0.39, 0.29) is 11.5 Å². The van der Waals surface area contributed by atoms with Gasteiger partial charge in [0.05, 0.1) is 6.04 Å². The van der Waals surface area contributed by atoms with Crippen molar-refractivity contribution in [2.75, 3.05) is 20.6 Å². The molecule has 1 heterocycles. The van der Waals surface area contributed by atoms with Gasteiger partial charge in [0.25, 0.3) is 5.89 Å².